The average Bonchev–Trinajstić information content (AvgIpc) is 2.74. The van der Waals surface area contributed by atoms with Crippen molar-refractivity contribution >= 4 is 27.5 Å². The lowest BCUT2D eigenvalue weighted by atomic mass is 10.1. The van der Waals surface area contributed by atoms with E-state index in [0.717, 1.165) is 16.7 Å². The summed E-state index contributed by atoms with van der Waals surface area (Å²) in [6.45, 7) is 2.07. The molecule has 3 nitrogen and oxygen atoms in total. The van der Waals surface area contributed by atoms with E-state index in [0.29, 0.717) is 5.56 Å². The number of rotatable bonds is 1. The Bertz CT molecular complexity index is 624. The topological polar surface area (TPSA) is 33.2 Å². The highest BCUT2D eigenvalue weighted by Gasteiger charge is 2.31. The highest BCUT2D eigenvalue weighted by molar-refractivity contribution is 9.10. The smallest absolute Gasteiger partial charge is 0.260 e. The molecule has 0 N–H and O–H groups in total. The molecule has 2 heterocycles. The molecule has 96 valence electrons. The number of nitrogens with zero attached hydrogens (tertiary/aromatic N) is 2. The Morgan fingerprint density at radius 2 is 2.11 bits per heavy atom. The normalized spacial score (nSPS) is 17.4. The molecular weight excluding hydrogens is 304 g/mol. The molecule has 1 aromatic heterocycles. The van der Waals surface area contributed by atoms with Crippen LogP contribution in [0.5, 0.6) is 0 Å². The lowest BCUT2D eigenvalue weighted by Crippen LogP contribution is -2.35. The van der Waals surface area contributed by atoms with Crippen LogP contribution in [0, 0.1) is 0 Å². The summed E-state index contributed by atoms with van der Waals surface area (Å²) in [6, 6.07) is 11.8. The zero-order valence-corrected chi connectivity index (χ0v) is 12.1. The van der Waals surface area contributed by atoms with Crippen LogP contribution in [0.2, 0.25) is 0 Å². The molecule has 2 aromatic rings. The predicted molar refractivity (Wildman–Crippen MR) is 78.4 cm³/mol. The minimum Gasteiger partial charge on any atom is -0.305 e. The van der Waals surface area contributed by atoms with E-state index in [1.54, 1.807) is 18.3 Å². The van der Waals surface area contributed by atoms with Gasteiger partial charge in [-0.25, -0.2) is 4.98 Å². The molecule has 1 aliphatic heterocycles. The molecule has 1 amide bonds. The van der Waals surface area contributed by atoms with E-state index >= 15 is 0 Å². The molecule has 0 saturated heterocycles. The molecule has 1 aliphatic rings. The van der Waals surface area contributed by atoms with Gasteiger partial charge in [0.15, 0.2) is 0 Å². The maximum atomic E-state index is 12.6. The fourth-order valence-electron chi connectivity index (χ4n) is 2.52. The molecule has 19 heavy (non-hydrogen) atoms. The first-order valence-corrected chi connectivity index (χ1v) is 6.99. The predicted octanol–water partition coefficient (Wildman–Crippen LogP) is 3.44. The van der Waals surface area contributed by atoms with Gasteiger partial charge in [-0.1, -0.05) is 18.2 Å². The van der Waals surface area contributed by atoms with Crippen molar-refractivity contribution in [2.45, 2.75) is 19.4 Å². The Kier molecular flexibility index (Phi) is 3.11. The molecule has 0 radical (unpaired) electrons. The van der Waals surface area contributed by atoms with Gasteiger partial charge in [0, 0.05) is 17.9 Å². The Hall–Kier alpha value is -1.68. The highest BCUT2D eigenvalue weighted by atomic mass is 79.9. The van der Waals surface area contributed by atoms with Crippen molar-refractivity contribution in [3.63, 3.8) is 0 Å². The molecule has 3 rings (SSSR count). The first-order chi connectivity index (χ1) is 9.16. The van der Waals surface area contributed by atoms with Crippen molar-refractivity contribution < 1.29 is 4.79 Å². The number of hydrogen-bond donors (Lipinski definition) is 0. The van der Waals surface area contributed by atoms with Crippen LogP contribution in [-0.2, 0) is 6.42 Å². The average molecular weight is 317 g/mol. The van der Waals surface area contributed by atoms with Gasteiger partial charge in [0.05, 0.1) is 5.56 Å². The summed E-state index contributed by atoms with van der Waals surface area (Å²) in [5.74, 6) is 0.0115. The van der Waals surface area contributed by atoms with Gasteiger partial charge in [-0.15, -0.1) is 0 Å². The van der Waals surface area contributed by atoms with E-state index in [4.69, 9.17) is 0 Å². The monoisotopic (exact) mass is 316 g/mol. The van der Waals surface area contributed by atoms with Gasteiger partial charge in [0.2, 0.25) is 0 Å². The Morgan fingerprint density at radius 1 is 1.32 bits per heavy atom. The van der Waals surface area contributed by atoms with Crippen molar-refractivity contribution in [3.8, 4) is 0 Å². The number of amides is 1. The second-order valence-corrected chi connectivity index (χ2v) is 5.54. The highest BCUT2D eigenvalue weighted by Crippen LogP contribution is 2.32. The zero-order valence-electron chi connectivity index (χ0n) is 10.5. The minimum atomic E-state index is 0.0115. The van der Waals surface area contributed by atoms with Gasteiger partial charge in [0.25, 0.3) is 5.91 Å². The molecule has 0 saturated carbocycles. The molecule has 0 bridgehead atoms. The number of pyridine rings is 1. The molecule has 0 fully saturated rings. The van der Waals surface area contributed by atoms with Gasteiger partial charge in [-0.05, 0) is 53.0 Å². The number of benzene rings is 1. The van der Waals surface area contributed by atoms with Gasteiger partial charge >= 0.3 is 0 Å². The molecular formula is C15H13BrN2O. The Balaban J connectivity index is 1.98. The lowest BCUT2D eigenvalue weighted by Gasteiger charge is -2.22. The van der Waals surface area contributed by atoms with Gasteiger partial charge in [0.1, 0.15) is 4.60 Å². The number of carbonyl (C=O) groups excluding carboxylic acids is 1. The van der Waals surface area contributed by atoms with Crippen molar-refractivity contribution in [3.05, 3.63) is 58.3 Å². The third kappa shape index (κ3) is 2.16. The van der Waals surface area contributed by atoms with Crippen LogP contribution < -0.4 is 4.90 Å². The summed E-state index contributed by atoms with van der Waals surface area (Å²) in [4.78, 5) is 18.6. The van der Waals surface area contributed by atoms with Crippen molar-refractivity contribution in [2.24, 2.45) is 0 Å². The Morgan fingerprint density at radius 3 is 2.84 bits per heavy atom. The van der Waals surface area contributed by atoms with Gasteiger partial charge in [-0.3, -0.25) is 4.79 Å². The summed E-state index contributed by atoms with van der Waals surface area (Å²) in [5, 5.41) is 0. The molecule has 4 heteroatoms. The first kappa shape index (κ1) is 12.4. The number of carbonyl (C=O) groups is 1. The first-order valence-electron chi connectivity index (χ1n) is 6.20. The fourth-order valence-corrected chi connectivity index (χ4v) is 2.75. The standard InChI is InChI=1S/C15H13BrN2O/c1-10-8-11-4-2-3-5-13(11)18(10)15(19)12-6-7-14(16)17-9-12/h2-7,9-10H,8H2,1H3. The fraction of sp³-hybridized carbons (Fsp3) is 0.200. The maximum Gasteiger partial charge on any atom is 0.260 e. The van der Waals surface area contributed by atoms with Crippen LogP contribution in [0.4, 0.5) is 5.69 Å². The zero-order chi connectivity index (χ0) is 13.4. The van der Waals surface area contributed by atoms with Gasteiger partial charge < -0.3 is 4.90 Å². The number of aromatic nitrogens is 1. The van der Waals surface area contributed by atoms with E-state index in [-0.39, 0.29) is 11.9 Å². The number of anilines is 1. The third-order valence-electron chi connectivity index (χ3n) is 3.40. The van der Waals surface area contributed by atoms with Crippen LogP contribution in [0.3, 0.4) is 0 Å². The maximum absolute atomic E-state index is 12.6. The second kappa shape index (κ2) is 4.78. The van der Waals surface area contributed by atoms with Crippen LogP contribution in [0.25, 0.3) is 0 Å². The van der Waals surface area contributed by atoms with Crippen molar-refractivity contribution in [1.82, 2.24) is 4.98 Å². The van der Waals surface area contributed by atoms with Crippen molar-refractivity contribution in [2.75, 3.05) is 4.90 Å². The number of halogens is 1. The number of hydrogen-bond acceptors (Lipinski definition) is 2. The SMILES string of the molecule is CC1Cc2ccccc2N1C(=O)c1ccc(Br)nc1. The third-order valence-corrected chi connectivity index (χ3v) is 3.87. The molecule has 1 atom stereocenters. The van der Waals surface area contributed by atoms with Crippen LogP contribution in [0.1, 0.15) is 22.8 Å². The summed E-state index contributed by atoms with van der Waals surface area (Å²) < 4.78 is 0.735. The van der Waals surface area contributed by atoms with E-state index < -0.39 is 0 Å². The summed E-state index contributed by atoms with van der Waals surface area (Å²) in [5.41, 5.74) is 2.86. The molecule has 0 aliphatic carbocycles. The van der Waals surface area contributed by atoms with E-state index in [1.165, 1.54) is 5.56 Å². The Labute approximate surface area is 120 Å². The minimum absolute atomic E-state index is 0.0115. The quantitative estimate of drug-likeness (QED) is 0.755. The number of para-hydroxylation sites is 1. The van der Waals surface area contributed by atoms with Crippen LogP contribution >= 0.6 is 15.9 Å². The van der Waals surface area contributed by atoms with E-state index in [1.807, 2.05) is 23.1 Å². The molecule has 0 spiro atoms. The van der Waals surface area contributed by atoms with Crippen LogP contribution in [0.15, 0.2) is 47.2 Å². The summed E-state index contributed by atoms with van der Waals surface area (Å²) >= 11 is 3.28. The van der Waals surface area contributed by atoms with Crippen LogP contribution in [-0.4, -0.2) is 16.9 Å². The van der Waals surface area contributed by atoms with Gasteiger partial charge in [-0.2, -0.15) is 0 Å². The summed E-state index contributed by atoms with van der Waals surface area (Å²) in [6.07, 6.45) is 2.52. The largest absolute Gasteiger partial charge is 0.305 e. The van der Waals surface area contributed by atoms with Crippen molar-refractivity contribution in [1.29, 1.82) is 0 Å². The summed E-state index contributed by atoms with van der Waals surface area (Å²) in [7, 11) is 0. The lowest BCUT2D eigenvalue weighted by molar-refractivity contribution is 0.0981. The second-order valence-electron chi connectivity index (χ2n) is 4.73. The molecule has 1 unspecified atom stereocenters. The number of fused-ring (bicyclic) bond motifs is 1. The van der Waals surface area contributed by atoms with E-state index in [2.05, 4.69) is 33.9 Å². The molecule has 1 aromatic carbocycles. The van der Waals surface area contributed by atoms with E-state index in [9.17, 15) is 4.79 Å².